The van der Waals surface area contributed by atoms with E-state index in [9.17, 15) is 14.0 Å². The Kier molecular flexibility index (Phi) is 8.91. The van der Waals surface area contributed by atoms with Gasteiger partial charge in [0.05, 0.1) is 11.6 Å². The van der Waals surface area contributed by atoms with E-state index in [0.29, 0.717) is 10.5 Å². The second kappa shape index (κ2) is 11.2. The van der Waals surface area contributed by atoms with Crippen LogP contribution in [-0.4, -0.2) is 39.4 Å². The summed E-state index contributed by atoms with van der Waals surface area (Å²) in [5, 5.41) is 5.49. The molecule has 0 spiro atoms. The number of amidine groups is 1. The van der Waals surface area contributed by atoms with Crippen LogP contribution in [0, 0.1) is 5.82 Å². The van der Waals surface area contributed by atoms with Crippen LogP contribution in [0.15, 0.2) is 52.5 Å². The van der Waals surface area contributed by atoms with Crippen molar-refractivity contribution in [3.63, 3.8) is 0 Å². The number of hydrazine groups is 1. The van der Waals surface area contributed by atoms with Crippen molar-refractivity contribution in [2.75, 3.05) is 6.54 Å². The lowest BCUT2D eigenvalue weighted by atomic mass is 10.2. The van der Waals surface area contributed by atoms with Crippen molar-refractivity contribution in [2.45, 2.75) is 37.8 Å². The molecule has 0 heterocycles. The topological polar surface area (TPSA) is 140 Å². The van der Waals surface area contributed by atoms with Crippen LogP contribution in [0.4, 0.5) is 9.18 Å². The molecular formula is C21H26ClFN6O3S. The molecule has 0 saturated heterocycles. The van der Waals surface area contributed by atoms with Crippen LogP contribution < -0.4 is 17.3 Å². The number of hydrogen-bond acceptors (Lipinski definition) is 7. The molecule has 2 rings (SSSR count). The van der Waals surface area contributed by atoms with Gasteiger partial charge in [0.25, 0.3) is 0 Å². The maximum Gasteiger partial charge on any atom is 0.421 e. The van der Waals surface area contributed by atoms with Crippen LogP contribution >= 0.6 is 23.5 Å². The van der Waals surface area contributed by atoms with Gasteiger partial charge in [-0.3, -0.25) is 4.79 Å². The summed E-state index contributed by atoms with van der Waals surface area (Å²) in [5.74, 6) is 4.92. The molecule has 0 fully saturated rings. The van der Waals surface area contributed by atoms with Crippen molar-refractivity contribution < 1.29 is 18.7 Å². The van der Waals surface area contributed by atoms with Gasteiger partial charge in [-0.25, -0.2) is 24.5 Å². The molecule has 0 atom stereocenters. The summed E-state index contributed by atoms with van der Waals surface area (Å²) in [6.07, 6.45) is -0.730. The predicted molar refractivity (Wildman–Crippen MR) is 126 cm³/mol. The van der Waals surface area contributed by atoms with Crippen LogP contribution in [0.5, 0.6) is 0 Å². The zero-order chi connectivity index (χ0) is 24.8. The molecule has 0 unspecified atom stereocenters. The first kappa shape index (κ1) is 26.2. The SMILES string of the molecule is CC(C)(C)OC(=O)N(CC(N)=O)Sc1ccc(/C(N)=N/N(N)Cc2ccc(F)cc2)cc1Cl. The van der Waals surface area contributed by atoms with E-state index in [1.807, 2.05) is 0 Å². The number of hydrogen-bond donors (Lipinski definition) is 3. The number of primary amides is 1. The lowest BCUT2D eigenvalue weighted by Gasteiger charge is -2.26. The number of carbonyl (C=O) groups excluding carboxylic acids is 2. The van der Waals surface area contributed by atoms with Gasteiger partial charge in [0.15, 0.2) is 5.84 Å². The van der Waals surface area contributed by atoms with Crippen LogP contribution in [-0.2, 0) is 16.1 Å². The fourth-order valence-corrected chi connectivity index (χ4v) is 3.55. The molecule has 6 N–H and O–H groups in total. The van der Waals surface area contributed by atoms with Gasteiger partial charge in [-0.05, 0) is 68.6 Å². The normalized spacial score (nSPS) is 11.8. The highest BCUT2D eigenvalue weighted by molar-refractivity contribution is 7.97. The Balaban J connectivity index is 2.14. The predicted octanol–water partition coefficient (Wildman–Crippen LogP) is 3.20. The molecule has 178 valence electrons. The van der Waals surface area contributed by atoms with Gasteiger partial charge in [-0.15, -0.1) is 5.10 Å². The van der Waals surface area contributed by atoms with Crippen molar-refractivity contribution in [1.29, 1.82) is 0 Å². The Morgan fingerprint density at radius 1 is 1.15 bits per heavy atom. The van der Waals surface area contributed by atoms with Gasteiger partial charge in [0.1, 0.15) is 18.0 Å². The van der Waals surface area contributed by atoms with Gasteiger partial charge >= 0.3 is 6.09 Å². The fraction of sp³-hybridized carbons (Fsp3) is 0.286. The van der Waals surface area contributed by atoms with Crippen LogP contribution in [0.1, 0.15) is 31.9 Å². The third kappa shape index (κ3) is 8.79. The minimum atomic E-state index is -0.756. The first-order valence-electron chi connectivity index (χ1n) is 9.71. The first-order chi connectivity index (χ1) is 15.3. The third-order valence-corrected chi connectivity index (χ3v) is 5.30. The summed E-state index contributed by atoms with van der Waals surface area (Å²) < 4.78 is 19.4. The molecule has 2 aromatic rings. The summed E-state index contributed by atoms with van der Waals surface area (Å²) in [6, 6.07) is 10.6. The van der Waals surface area contributed by atoms with E-state index in [1.54, 1.807) is 51.1 Å². The molecule has 0 aliphatic carbocycles. The molecule has 0 aromatic heterocycles. The maximum atomic E-state index is 13.0. The average molecular weight is 497 g/mol. The quantitative estimate of drug-likeness (QED) is 0.167. The molecule has 33 heavy (non-hydrogen) atoms. The highest BCUT2D eigenvalue weighted by atomic mass is 35.5. The van der Waals surface area contributed by atoms with Crippen molar-refractivity contribution in [2.24, 2.45) is 22.4 Å². The maximum absolute atomic E-state index is 13.0. The summed E-state index contributed by atoms with van der Waals surface area (Å²) in [6.45, 7) is 4.96. The van der Waals surface area contributed by atoms with Crippen LogP contribution in [0.25, 0.3) is 0 Å². The molecule has 0 saturated carbocycles. The first-order valence-corrected chi connectivity index (χ1v) is 10.9. The van der Waals surface area contributed by atoms with Gasteiger partial charge in [-0.1, -0.05) is 23.7 Å². The zero-order valence-corrected chi connectivity index (χ0v) is 20.0. The Labute approximate surface area is 200 Å². The number of amides is 2. The Morgan fingerprint density at radius 2 is 1.79 bits per heavy atom. The van der Waals surface area contributed by atoms with E-state index in [4.69, 9.17) is 33.6 Å². The number of nitrogens with two attached hydrogens (primary N) is 3. The summed E-state index contributed by atoms with van der Waals surface area (Å²) >= 11 is 7.28. The average Bonchev–Trinajstić information content (AvgIpc) is 2.68. The van der Waals surface area contributed by atoms with Gasteiger partial charge in [0, 0.05) is 10.5 Å². The van der Waals surface area contributed by atoms with Gasteiger partial charge in [-0.2, -0.15) is 0 Å². The lowest BCUT2D eigenvalue weighted by Crippen LogP contribution is -2.37. The van der Waals surface area contributed by atoms with Crippen molar-refractivity contribution >= 4 is 41.4 Å². The lowest BCUT2D eigenvalue weighted by molar-refractivity contribution is -0.118. The Hall–Kier alpha value is -3.02. The van der Waals surface area contributed by atoms with Crippen molar-refractivity contribution in [3.05, 3.63) is 64.4 Å². The summed E-state index contributed by atoms with van der Waals surface area (Å²) in [4.78, 5) is 24.3. The largest absolute Gasteiger partial charge is 0.443 e. The number of ether oxygens (including phenoxy) is 1. The third-order valence-electron chi connectivity index (χ3n) is 3.83. The Morgan fingerprint density at radius 3 is 2.33 bits per heavy atom. The smallest absolute Gasteiger partial charge is 0.421 e. The van der Waals surface area contributed by atoms with E-state index in [-0.39, 0.29) is 29.8 Å². The number of nitrogens with zero attached hydrogens (tertiary/aromatic N) is 3. The molecular weight excluding hydrogens is 471 g/mol. The zero-order valence-electron chi connectivity index (χ0n) is 18.4. The second-order valence-corrected chi connectivity index (χ2v) is 9.40. The van der Waals surface area contributed by atoms with Crippen LogP contribution in [0.2, 0.25) is 5.02 Å². The number of benzene rings is 2. The molecule has 2 amide bonds. The number of carbonyl (C=O) groups is 2. The molecule has 0 aliphatic rings. The van der Waals surface area contributed by atoms with Gasteiger partial charge < -0.3 is 16.2 Å². The second-order valence-electron chi connectivity index (χ2n) is 7.93. The van der Waals surface area contributed by atoms with E-state index in [0.717, 1.165) is 26.9 Å². The van der Waals surface area contributed by atoms with E-state index >= 15 is 0 Å². The fourth-order valence-electron chi connectivity index (χ4n) is 2.45. The molecule has 12 heteroatoms. The van der Waals surface area contributed by atoms with Crippen molar-refractivity contribution in [1.82, 2.24) is 9.42 Å². The minimum absolute atomic E-state index is 0.0965. The highest BCUT2D eigenvalue weighted by Gasteiger charge is 2.25. The molecule has 0 aliphatic heterocycles. The monoisotopic (exact) mass is 496 g/mol. The van der Waals surface area contributed by atoms with Crippen LogP contribution in [0.3, 0.4) is 0 Å². The highest BCUT2D eigenvalue weighted by Crippen LogP contribution is 2.31. The van der Waals surface area contributed by atoms with E-state index in [2.05, 4.69) is 5.10 Å². The molecule has 0 bridgehead atoms. The summed E-state index contributed by atoms with van der Waals surface area (Å²) in [5.41, 5.74) is 11.8. The number of rotatable bonds is 8. The van der Waals surface area contributed by atoms with E-state index < -0.39 is 17.6 Å². The standard InChI is InChI=1S/C21H26ClFN6O3S/c1-21(2,3)32-20(31)28(12-18(24)30)33-17-9-6-14(10-16(17)22)19(25)27-29(26)11-13-4-7-15(23)8-5-13/h4-10H,11-12,26H2,1-3H3,(H2,24,30)(H2,25,27). The number of hydrazone groups is 1. The van der Waals surface area contributed by atoms with Gasteiger partial charge in [0.2, 0.25) is 5.91 Å². The molecule has 2 aromatic carbocycles. The van der Waals surface area contributed by atoms with Crippen molar-refractivity contribution in [3.8, 4) is 0 Å². The van der Waals surface area contributed by atoms with E-state index in [1.165, 1.54) is 12.1 Å². The number of halogens is 2. The molecule has 9 nitrogen and oxygen atoms in total. The summed E-state index contributed by atoms with van der Waals surface area (Å²) in [7, 11) is 0. The Bertz CT molecular complexity index is 1030. The minimum Gasteiger partial charge on any atom is -0.443 e. The molecule has 0 radical (unpaired) electrons.